The van der Waals surface area contributed by atoms with Gasteiger partial charge >= 0.3 is 11.9 Å². The lowest BCUT2D eigenvalue weighted by molar-refractivity contribution is -0.360. The first kappa shape index (κ1) is 39.2. The van der Waals surface area contributed by atoms with Crippen molar-refractivity contribution in [1.82, 2.24) is 0 Å². The fraction of sp³-hybridized carbons (Fsp3) is 0.475. The lowest BCUT2D eigenvalue weighted by atomic mass is 9.96. The number of esters is 2. The number of rotatable bonds is 16. The molecule has 0 aromatic heterocycles. The molecule has 12 heteroatoms. The van der Waals surface area contributed by atoms with Crippen LogP contribution in [0.25, 0.3) is 0 Å². The number of ketones is 1. The van der Waals surface area contributed by atoms with E-state index in [9.17, 15) is 19.5 Å². The smallest absolute Gasteiger partial charge is 0.306 e. The van der Waals surface area contributed by atoms with Gasteiger partial charge < -0.3 is 47.8 Å². The molecular weight excluding hydrogens is 672 g/mol. The lowest BCUT2D eigenvalue weighted by Gasteiger charge is -2.48. The van der Waals surface area contributed by atoms with Crippen LogP contribution < -0.4 is 0 Å². The summed E-state index contributed by atoms with van der Waals surface area (Å²) in [5.41, 5.74) is 2.65. The summed E-state index contributed by atoms with van der Waals surface area (Å²) in [6.07, 6.45) is -10.8. The summed E-state index contributed by atoms with van der Waals surface area (Å²) in [5.74, 6) is -1.52. The Kier molecular flexibility index (Phi) is 14.5. The quantitative estimate of drug-likeness (QED) is 0.203. The molecule has 3 aromatic carbocycles. The van der Waals surface area contributed by atoms with Crippen molar-refractivity contribution in [2.45, 2.75) is 122 Å². The highest BCUT2D eigenvalue weighted by Crippen LogP contribution is 2.35. The predicted octanol–water partition coefficient (Wildman–Crippen LogP) is 4.82. The molecule has 2 heterocycles. The maximum Gasteiger partial charge on any atom is 0.306 e. The molecule has 0 saturated carbocycles. The second-order valence-corrected chi connectivity index (χ2v) is 13.1. The minimum Gasteiger partial charge on any atom is -0.454 e. The molecule has 0 spiro atoms. The molecule has 4 unspecified atom stereocenters. The number of ether oxygens (including phenoxy) is 8. The molecule has 280 valence electrons. The highest BCUT2D eigenvalue weighted by molar-refractivity contribution is 5.81. The van der Waals surface area contributed by atoms with Crippen LogP contribution in [0, 0.1) is 0 Å². The van der Waals surface area contributed by atoms with Gasteiger partial charge in [0.1, 0.15) is 30.2 Å². The predicted molar refractivity (Wildman–Crippen MR) is 186 cm³/mol. The van der Waals surface area contributed by atoms with Gasteiger partial charge in [0.25, 0.3) is 0 Å². The molecule has 10 atom stereocenters. The van der Waals surface area contributed by atoms with Crippen LogP contribution in [0.2, 0.25) is 0 Å². The second kappa shape index (κ2) is 19.2. The van der Waals surface area contributed by atoms with Crippen molar-refractivity contribution in [3.05, 3.63) is 108 Å². The minimum atomic E-state index is -1.56. The summed E-state index contributed by atoms with van der Waals surface area (Å²) in [5, 5.41) is 11.0. The molecule has 0 bridgehead atoms. The van der Waals surface area contributed by atoms with E-state index in [0.717, 1.165) is 16.7 Å². The normalized spacial score (nSPS) is 28.9. The summed E-state index contributed by atoms with van der Waals surface area (Å²) >= 11 is 0. The standard InChI is InChI=1S/C40H48O12/c1-25(41)20-21-32(43)51-38-35(47-24-31-18-12-7-13-19-31)33(45-22-29-14-8-5-9-15-29)27(3)49-40(38)52-36-34(46-23-30-16-10-6-11-17-30)26(2)48-39(44)37(36)50-28(4)42/h5-19,26-27,33-40,44H,20-24H2,1-4H3/t26?,27?,33-,34-,35?,36?,37-,38-,39+,40-/m0/s1. The van der Waals surface area contributed by atoms with Gasteiger partial charge in [0.15, 0.2) is 24.8 Å². The number of hydrogen-bond donors (Lipinski definition) is 1. The van der Waals surface area contributed by atoms with Gasteiger partial charge in [-0.3, -0.25) is 9.59 Å². The Bertz CT molecular complexity index is 1550. The summed E-state index contributed by atoms with van der Waals surface area (Å²) in [6, 6.07) is 28.5. The summed E-state index contributed by atoms with van der Waals surface area (Å²) in [6.45, 7) is 6.63. The van der Waals surface area contributed by atoms with E-state index in [-0.39, 0.29) is 38.4 Å². The topological polar surface area (TPSA) is 145 Å². The molecular formula is C40H48O12. The number of Topliss-reactive ketones (excluding diaryl/α,β-unsaturated/α-hetero) is 1. The molecule has 2 fully saturated rings. The second-order valence-electron chi connectivity index (χ2n) is 13.1. The van der Waals surface area contributed by atoms with Crippen molar-refractivity contribution in [2.75, 3.05) is 0 Å². The van der Waals surface area contributed by atoms with Crippen LogP contribution in [-0.4, -0.2) is 84.2 Å². The van der Waals surface area contributed by atoms with E-state index in [2.05, 4.69) is 0 Å². The van der Waals surface area contributed by atoms with Gasteiger partial charge in [-0.05, 0) is 37.5 Å². The number of hydrogen-bond acceptors (Lipinski definition) is 12. The van der Waals surface area contributed by atoms with Crippen molar-refractivity contribution < 1.29 is 57.4 Å². The fourth-order valence-electron chi connectivity index (χ4n) is 6.26. The maximum absolute atomic E-state index is 13.3. The molecule has 2 saturated heterocycles. The molecule has 3 aromatic rings. The zero-order chi connectivity index (χ0) is 37.0. The lowest BCUT2D eigenvalue weighted by Crippen LogP contribution is -2.65. The first-order chi connectivity index (χ1) is 25.1. The molecule has 2 aliphatic heterocycles. The minimum absolute atomic E-state index is 0.0224. The highest BCUT2D eigenvalue weighted by atomic mass is 16.7. The molecule has 0 radical (unpaired) electrons. The van der Waals surface area contributed by atoms with Gasteiger partial charge in [0, 0.05) is 13.3 Å². The third-order valence-corrected chi connectivity index (χ3v) is 8.87. The Morgan fingerprint density at radius 1 is 0.577 bits per heavy atom. The van der Waals surface area contributed by atoms with E-state index in [0.29, 0.717) is 0 Å². The van der Waals surface area contributed by atoms with E-state index in [4.69, 9.17) is 37.9 Å². The Labute approximate surface area is 304 Å². The van der Waals surface area contributed by atoms with Crippen molar-refractivity contribution >= 4 is 17.7 Å². The first-order valence-corrected chi connectivity index (χ1v) is 17.6. The maximum atomic E-state index is 13.3. The van der Waals surface area contributed by atoms with Crippen LogP contribution in [0.4, 0.5) is 0 Å². The molecule has 0 amide bonds. The van der Waals surface area contributed by atoms with Gasteiger partial charge in [-0.25, -0.2) is 0 Å². The van der Waals surface area contributed by atoms with Gasteiger partial charge in [0.2, 0.25) is 0 Å². The summed E-state index contributed by atoms with van der Waals surface area (Å²) in [4.78, 5) is 37.4. The Morgan fingerprint density at radius 2 is 1.04 bits per heavy atom. The molecule has 0 aliphatic carbocycles. The van der Waals surface area contributed by atoms with Crippen LogP contribution in [0.15, 0.2) is 91.0 Å². The van der Waals surface area contributed by atoms with E-state index < -0.39 is 73.4 Å². The van der Waals surface area contributed by atoms with Crippen LogP contribution in [0.1, 0.15) is 57.2 Å². The van der Waals surface area contributed by atoms with Crippen molar-refractivity contribution in [1.29, 1.82) is 0 Å². The molecule has 52 heavy (non-hydrogen) atoms. The zero-order valence-corrected chi connectivity index (χ0v) is 29.9. The van der Waals surface area contributed by atoms with Crippen molar-refractivity contribution in [3.63, 3.8) is 0 Å². The SMILES string of the molecule is CC(=O)CCC(=O)O[C@H]1C(OCc2ccccc2)[C@@H](OCc2ccccc2)C(C)O[C@H]1OC1[C@@H](OCc2ccccc2)C(C)O[C@@H](O)[C@H]1OC(C)=O. The number of aliphatic hydroxyl groups excluding tert-OH is 1. The van der Waals surface area contributed by atoms with Crippen LogP contribution >= 0.6 is 0 Å². The number of carbonyl (C=O) groups is 3. The number of benzene rings is 3. The van der Waals surface area contributed by atoms with Crippen molar-refractivity contribution in [2.24, 2.45) is 0 Å². The third kappa shape index (κ3) is 11.0. The van der Waals surface area contributed by atoms with Crippen LogP contribution in [0.3, 0.4) is 0 Å². The van der Waals surface area contributed by atoms with E-state index in [1.165, 1.54) is 13.8 Å². The fourth-order valence-corrected chi connectivity index (χ4v) is 6.26. The van der Waals surface area contributed by atoms with Crippen LogP contribution in [-0.2, 0) is 72.1 Å². The van der Waals surface area contributed by atoms with Crippen LogP contribution in [0.5, 0.6) is 0 Å². The third-order valence-electron chi connectivity index (χ3n) is 8.87. The number of carbonyl (C=O) groups excluding carboxylic acids is 3. The van der Waals surface area contributed by atoms with E-state index in [1.54, 1.807) is 13.8 Å². The molecule has 12 nitrogen and oxygen atoms in total. The van der Waals surface area contributed by atoms with Gasteiger partial charge in [0.05, 0.1) is 38.4 Å². The molecule has 2 aliphatic rings. The molecule has 5 rings (SSSR count). The summed E-state index contributed by atoms with van der Waals surface area (Å²) < 4.78 is 49.8. The van der Waals surface area contributed by atoms with E-state index >= 15 is 0 Å². The van der Waals surface area contributed by atoms with Gasteiger partial charge in [-0.2, -0.15) is 0 Å². The first-order valence-electron chi connectivity index (χ1n) is 17.6. The molecule has 1 N–H and O–H groups in total. The Morgan fingerprint density at radius 3 is 1.52 bits per heavy atom. The monoisotopic (exact) mass is 720 g/mol. The Balaban J connectivity index is 1.49. The van der Waals surface area contributed by atoms with E-state index in [1.807, 2.05) is 91.0 Å². The Hall–Kier alpha value is -4.01. The van der Waals surface area contributed by atoms with Gasteiger partial charge in [-0.1, -0.05) is 91.0 Å². The zero-order valence-electron chi connectivity index (χ0n) is 29.9. The van der Waals surface area contributed by atoms with Gasteiger partial charge in [-0.15, -0.1) is 0 Å². The average molecular weight is 721 g/mol. The average Bonchev–Trinajstić information content (AvgIpc) is 3.13. The highest BCUT2D eigenvalue weighted by Gasteiger charge is 2.54. The summed E-state index contributed by atoms with van der Waals surface area (Å²) in [7, 11) is 0. The van der Waals surface area contributed by atoms with Crippen molar-refractivity contribution in [3.8, 4) is 0 Å². The number of aliphatic hydroxyl groups is 1. The largest absolute Gasteiger partial charge is 0.454 e.